The van der Waals surface area contributed by atoms with E-state index >= 15 is 0 Å². The number of hydrogen-bond acceptors (Lipinski definition) is 11. The van der Waals surface area contributed by atoms with Gasteiger partial charge in [-0.05, 0) is 23.9 Å². The molecule has 14 heteroatoms. The Hall–Kier alpha value is -4.10. The average molecular weight is 610 g/mol. The molecule has 4 aromatic rings. The quantitative estimate of drug-likeness (QED) is 0.136. The van der Waals surface area contributed by atoms with E-state index in [1.165, 1.54) is 17.9 Å². The lowest BCUT2D eigenvalue weighted by Crippen LogP contribution is -2.37. The van der Waals surface area contributed by atoms with E-state index in [1.807, 2.05) is 48.5 Å². The molecule has 0 spiro atoms. The molecule has 6 atom stereocenters. The first-order valence-corrected chi connectivity index (χ1v) is 15.0. The Kier molecular flexibility index (Phi) is 9.21. The minimum absolute atomic E-state index is 0.0178. The summed E-state index contributed by atoms with van der Waals surface area (Å²) in [7, 11) is -4.34. The highest BCUT2D eigenvalue weighted by Gasteiger charge is 2.46. The second kappa shape index (κ2) is 13.0. The highest BCUT2D eigenvalue weighted by atomic mass is 31.2. The Balaban J connectivity index is 1.32. The van der Waals surface area contributed by atoms with Gasteiger partial charge in [0, 0.05) is 5.39 Å². The number of aliphatic hydroxyl groups excluding tert-OH is 2. The van der Waals surface area contributed by atoms with E-state index in [1.54, 1.807) is 24.3 Å². The zero-order chi connectivity index (χ0) is 30.6. The van der Waals surface area contributed by atoms with Crippen LogP contribution in [0, 0.1) is 0 Å². The summed E-state index contributed by atoms with van der Waals surface area (Å²) in [5.74, 6) is -0.317. The van der Waals surface area contributed by atoms with Gasteiger partial charge in [-0.25, -0.2) is 14.2 Å². The molecule has 0 saturated carbocycles. The maximum atomic E-state index is 14.2. The standard InChI is InChI=1S/C29H32N5O8P/c1-18(30)27-31-17-34(32-27)28-26(36)25(35)24(41-28)16-40-43(38,42-23-14-8-12-21-11-6-7-13-22(21)23)33-19(2)29(37)39-15-20-9-4-3-5-10-20/h3-14,17,19,24-26,28,35-36H,1,15-16,30H2,2H3,(H,33,38)/t19-,24+,25+,26+,28+,43?/m0/s1. The summed E-state index contributed by atoms with van der Waals surface area (Å²) in [6.07, 6.45) is -3.89. The molecule has 0 aliphatic carbocycles. The van der Waals surface area contributed by atoms with Crippen LogP contribution in [0.5, 0.6) is 5.75 Å². The lowest BCUT2D eigenvalue weighted by Gasteiger charge is -2.25. The van der Waals surface area contributed by atoms with E-state index in [2.05, 4.69) is 21.7 Å². The molecular formula is C29H32N5O8P. The van der Waals surface area contributed by atoms with E-state index in [0.717, 1.165) is 10.9 Å². The first-order chi connectivity index (χ1) is 20.6. The van der Waals surface area contributed by atoms with E-state index in [0.29, 0.717) is 5.39 Å². The maximum absolute atomic E-state index is 14.2. The summed E-state index contributed by atoms with van der Waals surface area (Å²) in [6, 6.07) is 20.5. The third-order valence-electron chi connectivity index (χ3n) is 6.70. The number of nitrogens with one attached hydrogen (secondary N) is 1. The number of benzene rings is 3. The number of aromatic nitrogens is 3. The summed E-state index contributed by atoms with van der Waals surface area (Å²) in [4.78, 5) is 16.8. The van der Waals surface area contributed by atoms with Crippen LogP contribution in [0.2, 0.25) is 0 Å². The van der Waals surface area contributed by atoms with Crippen LogP contribution >= 0.6 is 7.75 Å². The molecule has 0 bridgehead atoms. The number of hydrogen-bond donors (Lipinski definition) is 4. The summed E-state index contributed by atoms with van der Waals surface area (Å²) in [5, 5.41) is 29.6. The smallest absolute Gasteiger partial charge is 0.459 e. The van der Waals surface area contributed by atoms with Gasteiger partial charge in [0.15, 0.2) is 12.1 Å². The normalized spacial score (nSPS) is 22.1. The Bertz CT molecular complexity index is 1630. The van der Waals surface area contributed by atoms with Crippen molar-refractivity contribution in [3.05, 3.63) is 97.1 Å². The van der Waals surface area contributed by atoms with Crippen molar-refractivity contribution in [1.29, 1.82) is 0 Å². The number of nitrogens with two attached hydrogens (primary N) is 1. The molecule has 5 N–H and O–H groups in total. The Morgan fingerprint density at radius 2 is 1.84 bits per heavy atom. The number of fused-ring (bicyclic) bond motifs is 1. The Morgan fingerprint density at radius 3 is 2.58 bits per heavy atom. The fourth-order valence-corrected chi connectivity index (χ4v) is 5.96. The molecule has 13 nitrogen and oxygen atoms in total. The minimum Gasteiger partial charge on any atom is -0.460 e. The van der Waals surface area contributed by atoms with Crippen molar-refractivity contribution in [2.24, 2.45) is 5.73 Å². The van der Waals surface area contributed by atoms with Gasteiger partial charge in [-0.2, -0.15) is 5.09 Å². The molecule has 226 valence electrons. The molecule has 1 aromatic heterocycles. The van der Waals surface area contributed by atoms with Crippen molar-refractivity contribution in [2.75, 3.05) is 6.61 Å². The number of carbonyl (C=O) groups excluding carboxylic acids is 1. The van der Waals surface area contributed by atoms with Crippen LogP contribution in [0.3, 0.4) is 0 Å². The highest BCUT2D eigenvalue weighted by molar-refractivity contribution is 7.52. The van der Waals surface area contributed by atoms with Gasteiger partial charge in [0.05, 0.1) is 12.3 Å². The topological polar surface area (TPSA) is 180 Å². The second-order valence-electron chi connectivity index (χ2n) is 9.93. The van der Waals surface area contributed by atoms with Gasteiger partial charge in [-0.3, -0.25) is 9.32 Å². The van der Waals surface area contributed by atoms with E-state index in [9.17, 15) is 19.6 Å². The molecule has 3 aromatic carbocycles. The third-order valence-corrected chi connectivity index (χ3v) is 8.33. The van der Waals surface area contributed by atoms with Crippen LogP contribution in [-0.2, 0) is 30.0 Å². The first kappa shape index (κ1) is 30.4. The Labute approximate surface area is 247 Å². The number of aliphatic hydroxyl groups is 2. The van der Waals surface area contributed by atoms with Crippen molar-refractivity contribution in [3.8, 4) is 5.75 Å². The molecular weight excluding hydrogens is 577 g/mol. The van der Waals surface area contributed by atoms with Gasteiger partial charge in [-0.1, -0.05) is 73.3 Å². The van der Waals surface area contributed by atoms with E-state index in [4.69, 9.17) is 24.3 Å². The number of esters is 1. The number of ether oxygens (including phenoxy) is 2. The highest BCUT2D eigenvalue weighted by Crippen LogP contribution is 2.47. The van der Waals surface area contributed by atoms with Crippen LogP contribution in [0.25, 0.3) is 16.5 Å². The van der Waals surface area contributed by atoms with Crippen molar-refractivity contribution in [1.82, 2.24) is 19.9 Å². The fourth-order valence-electron chi connectivity index (χ4n) is 4.44. The van der Waals surface area contributed by atoms with Crippen LogP contribution in [0.4, 0.5) is 0 Å². The molecule has 1 unspecified atom stereocenters. The van der Waals surface area contributed by atoms with Crippen molar-refractivity contribution in [2.45, 2.75) is 44.1 Å². The molecule has 2 heterocycles. The summed E-state index contributed by atoms with van der Waals surface area (Å²) in [5.41, 5.74) is 6.52. The third kappa shape index (κ3) is 7.11. The lowest BCUT2D eigenvalue weighted by molar-refractivity contribution is -0.146. The van der Waals surface area contributed by atoms with Gasteiger partial charge in [-0.15, -0.1) is 5.10 Å². The SMILES string of the molecule is C=C(N)c1ncn([C@@H]2O[C@H](COP(=O)(N[C@@H](C)C(=O)OCc3ccccc3)Oc3cccc4ccccc34)[C@@H](O)[C@H]2O)n1. The van der Waals surface area contributed by atoms with Crippen LogP contribution in [0.1, 0.15) is 24.5 Å². The summed E-state index contributed by atoms with van der Waals surface area (Å²) < 4.78 is 38.2. The average Bonchev–Trinajstić information content (AvgIpc) is 3.60. The maximum Gasteiger partial charge on any atom is 0.459 e. The monoisotopic (exact) mass is 609 g/mol. The first-order valence-electron chi connectivity index (χ1n) is 13.4. The lowest BCUT2D eigenvalue weighted by atomic mass is 10.1. The zero-order valence-corrected chi connectivity index (χ0v) is 24.1. The van der Waals surface area contributed by atoms with Gasteiger partial charge in [0.1, 0.15) is 43.0 Å². The van der Waals surface area contributed by atoms with Crippen molar-refractivity contribution >= 4 is 30.2 Å². The van der Waals surface area contributed by atoms with Crippen LogP contribution in [0.15, 0.2) is 85.7 Å². The van der Waals surface area contributed by atoms with Crippen molar-refractivity contribution in [3.63, 3.8) is 0 Å². The molecule has 1 aliphatic rings. The second-order valence-corrected chi connectivity index (χ2v) is 11.6. The van der Waals surface area contributed by atoms with Gasteiger partial charge >= 0.3 is 13.7 Å². The molecule has 1 aliphatic heterocycles. The van der Waals surface area contributed by atoms with E-state index < -0.39 is 50.9 Å². The largest absolute Gasteiger partial charge is 0.460 e. The summed E-state index contributed by atoms with van der Waals surface area (Å²) >= 11 is 0. The predicted octanol–water partition coefficient (Wildman–Crippen LogP) is 2.91. The predicted molar refractivity (Wildman–Crippen MR) is 156 cm³/mol. The molecule has 5 rings (SSSR count). The minimum atomic E-state index is -4.34. The van der Waals surface area contributed by atoms with Gasteiger partial charge < -0.3 is 29.9 Å². The molecule has 1 fully saturated rings. The van der Waals surface area contributed by atoms with Crippen LogP contribution < -0.4 is 15.3 Å². The molecule has 0 amide bonds. The van der Waals surface area contributed by atoms with Crippen molar-refractivity contribution < 1.29 is 38.1 Å². The zero-order valence-electron chi connectivity index (χ0n) is 23.2. The Morgan fingerprint density at radius 1 is 1.12 bits per heavy atom. The summed E-state index contributed by atoms with van der Waals surface area (Å²) in [6.45, 7) is 4.56. The van der Waals surface area contributed by atoms with E-state index in [-0.39, 0.29) is 23.9 Å². The fraction of sp³-hybridized carbons (Fsp3) is 0.276. The number of rotatable bonds is 12. The molecule has 0 radical (unpaired) electrons. The van der Waals surface area contributed by atoms with Gasteiger partial charge in [0.2, 0.25) is 0 Å². The number of nitrogens with zero attached hydrogens (tertiary/aromatic N) is 3. The molecule has 1 saturated heterocycles. The van der Waals surface area contributed by atoms with Gasteiger partial charge in [0.25, 0.3) is 0 Å². The number of carbonyl (C=O) groups is 1. The van der Waals surface area contributed by atoms with Crippen LogP contribution in [-0.4, -0.2) is 61.9 Å². The molecule has 43 heavy (non-hydrogen) atoms.